The lowest BCUT2D eigenvalue weighted by molar-refractivity contribution is -0.385. The molecule has 32 heavy (non-hydrogen) atoms. The molecule has 0 heterocycles. The molecule has 1 aromatic carbocycles. The largest absolute Gasteiger partial charge is 0.502 e. The molecular weight excluding hydrogens is 428 g/mol. The van der Waals surface area contributed by atoms with E-state index in [1.165, 1.54) is 6.92 Å². The Morgan fingerprint density at radius 1 is 1.19 bits per heavy atom. The van der Waals surface area contributed by atoms with Gasteiger partial charge in [-0.3, -0.25) is 34.1 Å². The molecule has 0 radical (unpaired) electrons. The van der Waals surface area contributed by atoms with E-state index in [0.29, 0.717) is 0 Å². The first kappa shape index (κ1) is 21.7. The predicted molar refractivity (Wildman–Crippen MR) is 101 cm³/mol. The van der Waals surface area contributed by atoms with Gasteiger partial charge in [0.15, 0.2) is 34.7 Å². The number of phenols is 1. The molecule has 12 nitrogen and oxygen atoms in total. The topological polar surface area (TPSA) is 215 Å². The molecule has 0 aromatic heterocycles. The number of ketones is 4. The second-order valence-corrected chi connectivity index (χ2v) is 8.64. The van der Waals surface area contributed by atoms with Crippen LogP contribution in [0.4, 0.5) is 5.69 Å². The third-order valence-electron chi connectivity index (χ3n) is 7.03. The van der Waals surface area contributed by atoms with E-state index in [2.05, 4.69) is 0 Å². The van der Waals surface area contributed by atoms with Crippen LogP contribution in [-0.4, -0.2) is 54.9 Å². The van der Waals surface area contributed by atoms with Crippen LogP contribution in [0.3, 0.4) is 0 Å². The number of carbonyl (C=O) groups is 5. The summed E-state index contributed by atoms with van der Waals surface area (Å²) in [5, 5.41) is 43.9. The van der Waals surface area contributed by atoms with Crippen LogP contribution < -0.4 is 5.73 Å². The third-order valence-corrected chi connectivity index (χ3v) is 7.03. The first-order valence-electron chi connectivity index (χ1n) is 9.66. The minimum Gasteiger partial charge on any atom is -0.502 e. The molecule has 0 bridgehead atoms. The summed E-state index contributed by atoms with van der Waals surface area (Å²) in [5.41, 5.74) is -1.42. The van der Waals surface area contributed by atoms with Crippen molar-refractivity contribution in [3.63, 3.8) is 0 Å². The number of phenolic OH excluding ortho intramolecular Hbond substituents is 1. The summed E-state index contributed by atoms with van der Waals surface area (Å²) in [6.45, 7) is 1.23. The van der Waals surface area contributed by atoms with Crippen molar-refractivity contribution in [3.8, 4) is 5.75 Å². The molecule has 5 N–H and O–H groups in total. The zero-order chi connectivity index (χ0) is 23.9. The molecule has 4 rings (SSSR count). The first-order chi connectivity index (χ1) is 14.8. The summed E-state index contributed by atoms with van der Waals surface area (Å²) in [5.74, 6) is -13.6. The van der Waals surface area contributed by atoms with Crippen molar-refractivity contribution in [1.29, 1.82) is 0 Å². The smallest absolute Gasteiger partial charge is 0.311 e. The van der Waals surface area contributed by atoms with Gasteiger partial charge in [0.05, 0.1) is 22.0 Å². The summed E-state index contributed by atoms with van der Waals surface area (Å²) in [6.07, 6.45) is -0.862. The molecule has 0 saturated heterocycles. The van der Waals surface area contributed by atoms with E-state index < -0.39 is 92.3 Å². The fourth-order valence-electron chi connectivity index (χ4n) is 5.41. The van der Waals surface area contributed by atoms with E-state index in [9.17, 15) is 49.4 Å². The average molecular weight is 446 g/mol. The van der Waals surface area contributed by atoms with Gasteiger partial charge in [-0.15, -0.1) is 0 Å². The highest BCUT2D eigenvalue weighted by atomic mass is 16.6. The number of fused-ring (bicyclic) bond motifs is 3. The van der Waals surface area contributed by atoms with Crippen molar-refractivity contribution in [1.82, 2.24) is 0 Å². The molecule has 2 saturated carbocycles. The second-order valence-electron chi connectivity index (χ2n) is 8.64. The number of aromatic hydroxyl groups is 1. The van der Waals surface area contributed by atoms with Gasteiger partial charge in [-0.1, -0.05) is 0 Å². The lowest BCUT2D eigenvalue weighted by Gasteiger charge is -2.52. The fourth-order valence-corrected chi connectivity index (χ4v) is 5.41. The van der Waals surface area contributed by atoms with Crippen LogP contribution >= 0.6 is 0 Å². The number of aliphatic hydroxyl groups is 2. The number of nitro benzene ring substituents is 1. The summed E-state index contributed by atoms with van der Waals surface area (Å²) < 4.78 is 0. The number of Topliss-reactive ketones (excluding diaryl/α,β-unsaturated/α-hetero) is 4. The van der Waals surface area contributed by atoms with Crippen molar-refractivity contribution in [2.75, 3.05) is 0 Å². The first-order valence-corrected chi connectivity index (χ1v) is 9.66. The van der Waals surface area contributed by atoms with Gasteiger partial charge in [-0.2, -0.15) is 0 Å². The Morgan fingerprint density at radius 2 is 1.81 bits per heavy atom. The molecular formula is C20H18N2O10. The number of primary amides is 1. The molecule has 3 aliphatic rings. The van der Waals surface area contributed by atoms with E-state index in [1.807, 2.05) is 0 Å². The van der Waals surface area contributed by atoms with Gasteiger partial charge >= 0.3 is 5.69 Å². The van der Waals surface area contributed by atoms with E-state index in [4.69, 9.17) is 5.73 Å². The number of amides is 1. The number of benzene rings is 1. The number of nitrogens with two attached hydrogens (primary N) is 1. The summed E-state index contributed by atoms with van der Waals surface area (Å²) in [7, 11) is 0. The summed E-state index contributed by atoms with van der Waals surface area (Å²) in [6, 6.07) is 2.00. The molecule has 0 aliphatic heterocycles. The van der Waals surface area contributed by atoms with Crippen molar-refractivity contribution < 1.29 is 44.2 Å². The second kappa shape index (κ2) is 6.50. The zero-order valence-corrected chi connectivity index (χ0v) is 16.6. The third kappa shape index (κ3) is 2.47. The van der Waals surface area contributed by atoms with E-state index in [0.717, 1.165) is 12.1 Å². The SMILES string of the molecule is C[C@]1(O)c2ccc([N+](=O)[O-])c(O)c2C(=O)C2C(=O)[C@]3(O)C(=O)C(C(N)=O)C(=O)C[C@@H]3C[C@@H]21. The van der Waals surface area contributed by atoms with Crippen LogP contribution in [0.1, 0.15) is 35.7 Å². The van der Waals surface area contributed by atoms with Crippen LogP contribution in [0.25, 0.3) is 0 Å². The monoisotopic (exact) mass is 446 g/mol. The lowest BCUT2D eigenvalue weighted by Crippen LogP contribution is -2.69. The molecule has 2 fully saturated rings. The van der Waals surface area contributed by atoms with Gasteiger partial charge in [0.2, 0.25) is 11.7 Å². The highest BCUT2D eigenvalue weighted by Crippen LogP contribution is 2.55. The highest BCUT2D eigenvalue weighted by molar-refractivity contribution is 6.31. The Morgan fingerprint density at radius 3 is 2.38 bits per heavy atom. The molecule has 1 amide bonds. The molecule has 12 heteroatoms. The Kier molecular flexibility index (Phi) is 4.41. The van der Waals surface area contributed by atoms with Crippen LogP contribution in [-0.2, 0) is 24.8 Å². The molecule has 3 aliphatic carbocycles. The van der Waals surface area contributed by atoms with Gasteiger partial charge < -0.3 is 21.1 Å². The maximum absolute atomic E-state index is 13.4. The van der Waals surface area contributed by atoms with Crippen LogP contribution in [0.5, 0.6) is 5.75 Å². The van der Waals surface area contributed by atoms with Crippen molar-refractivity contribution in [2.45, 2.75) is 31.0 Å². The fraction of sp³-hybridized carbons (Fsp3) is 0.450. The number of carbonyl (C=O) groups excluding carboxylic acids is 5. The molecule has 6 atom stereocenters. The Balaban J connectivity index is 1.91. The molecule has 168 valence electrons. The van der Waals surface area contributed by atoms with Crippen molar-refractivity contribution in [2.24, 2.45) is 29.4 Å². The van der Waals surface area contributed by atoms with Crippen LogP contribution in [0.15, 0.2) is 12.1 Å². The van der Waals surface area contributed by atoms with Crippen molar-refractivity contribution >= 4 is 34.7 Å². The standard InChI is InChI=1S/C20H18N2O10/c1-19(29)7-2-3-9(22(31)32)14(24)11(7)15(25)12-8(19)4-6-5-10(23)13(18(21)28)17(27)20(6,30)16(12)26/h2-3,6,8,12-13,24,29-30H,4-5H2,1H3,(H2,21,28)/t6-,8-,12?,13?,19-,20-/m0/s1. The van der Waals surface area contributed by atoms with Crippen molar-refractivity contribution in [3.05, 3.63) is 33.4 Å². The molecule has 1 aromatic rings. The number of nitrogens with zero attached hydrogens (tertiary/aromatic N) is 1. The molecule has 0 spiro atoms. The van der Waals surface area contributed by atoms with Gasteiger partial charge in [0.25, 0.3) is 0 Å². The van der Waals surface area contributed by atoms with Gasteiger partial charge in [-0.05, 0) is 25.0 Å². The minimum absolute atomic E-state index is 0.159. The minimum atomic E-state index is -2.88. The number of hydrogen-bond acceptors (Lipinski definition) is 10. The number of nitro groups is 1. The van der Waals surface area contributed by atoms with Gasteiger partial charge in [0.1, 0.15) is 0 Å². The highest BCUT2D eigenvalue weighted by Gasteiger charge is 2.68. The number of rotatable bonds is 2. The predicted octanol–water partition coefficient (Wildman–Crippen LogP) is -1.10. The van der Waals surface area contributed by atoms with Gasteiger partial charge in [0, 0.05) is 24.3 Å². The quantitative estimate of drug-likeness (QED) is 0.244. The van der Waals surface area contributed by atoms with Gasteiger partial charge in [-0.25, -0.2) is 0 Å². The summed E-state index contributed by atoms with van der Waals surface area (Å²) in [4.78, 5) is 73.6. The van der Waals surface area contributed by atoms with E-state index >= 15 is 0 Å². The average Bonchev–Trinajstić information content (AvgIpc) is 2.68. The van der Waals surface area contributed by atoms with E-state index in [-0.39, 0.29) is 12.0 Å². The maximum Gasteiger partial charge on any atom is 0.311 e. The normalized spacial score (nSPS) is 36.2. The Labute approximate surface area is 179 Å². The molecule has 2 unspecified atom stereocenters. The number of hydrogen-bond donors (Lipinski definition) is 4. The van der Waals surface area contributed by atoms with Crippen LogP contribution in [0.2, 0.25) is 0 Å². The Hall–Kier alpha value is -3.51. The summed E-state index contributed by atoms with van der Waals surface area (Å²) >= 11 is 0. The zero-order valence-electron chi connectivity index (χ0n) is 16.6. The van der Waals surface area contributed by atoms with E-state index in [1.54, 1.807) is 0 Å². The Bertz CT molecular complexity index is 1160. The van der Waals surface area contributed by atoms with Crippen LogP contribution in [0, 0.1) is 33.8 Å². The maximum atomic E-state index is 13.4. The lowest BCUT2D eigenvalue weighted by atomic mass is 9.51.